The lowest BCUT2D eigenvalue weighted by atomic mass is 9.97. The van der Waals surface area contributed by atoms with Crippen molar-refractivity contribution in [2.24, 2.45) is 11.7 Å². The number of hydrogen-bond donors (Lipinski definition) is 8. The lowest BCUT2D eigenvalue weighted by Crippen LogP contribution is -2.59. The summed E-state index contributed by atoms with van der Waals surface area (Å²) in [6, 6.07) is -5.61. The van der Waals surface area contributed by atoms with Crippen molar-refractivity contribution in [3.63, 3.8) is 0 Å². The third-order valence-electron chi connectivity index (χ3n) is 4.33. The Bertz CT molecular complexity index is 703. The Hall–Kier alpha value is -2.87. The fourth-order valence-corrected chi connectivity index (χ4v) is 2.60. The van der Waals surface area contributed by atoms with Gasteiger partial charge in [0.2, 0.25) is 17.7 Å². The summed E-state index contributed by atoms with van der Waals surface area (Å²) in [5, 5.41) is 33.3. The number of carboxylic acid groups (broad SMARTS) is 3. The van der Waals surface area contributed by atoms with E-state index in [1.165, 1.54) is 0 Å². The molecule has 0 saturated carbocycles. The van der Waals surface area contributed by atoms with Crippen molar-refractivity contribution in [3.8, 4) is 0 Å². The highest BCUT2D eigenvalue weighted by Crippen LogP contribution is 2.10. The summed E-state index contributed by atoms with van der Waals surface area (Å²) in [5.74, 6) is -7.65. The molecule has 0 aromatic rings. The second-order valence-corrected chi connectivity index (χ2v) is 7.18. The van der Waals surface area contributed by atoms with Gasteiger partial charge in [-0.2, -0.15) is 12.6 Å². The minimum absolute atomic E-state index is 0.205. The molecule has 176 valence electrons. The summed E-state index contributed by atoms with van der Waals surface area (Å²) in [6.07, 6.45) is -1.12. The predicted molar refractivity (Wildman–Crippen MR) is 109 cm³/mol. The number of amides is 3. The van der Waals surface area contributed by atoms with Crippen LogP contribution in [-0.2, 0) is 28.8 Å². The van der Waals surface area contributed by atoms with Crippen LogP contribution < -0.4 is 21.7 Å². The van der Waals surface area contributed by atoms with Crippen LogP contribution in [0.1, 0.15) is 33.1 Å². The number of nitrogens with one attached hydrogen (secondary N) is 3. The molecule has 0 aliphatic carbocycles. The Kier molecular flexibility index (Phi) is 12.2. The van der Waals surface area contributed by atoms with E-state index in [2.05, 4.69) is 28.6 Å². The monoisotopic (exact) mass is 464 g/mol. The van der Waals surface area contributed by atoms with Crippen LogP contribution >= 0.6 is 12.6 Å². The molecule has 13 nitrogen and oxygen atoms in total. The maximum atomic E-state index is 12.6. The maximum absolute atomic E-state index is 12.6. The molecule has 0 aliphatic heterocycles. The Labute approximate surface area is 183 Å². The Morgan fingerprint density at radius 2 is 1.35 bits per heavy atom. The normalized spacial score (nSPS) is 15.5. The zero-order valence-electron chi connectivity index (χ0n) is 17.0. The van der Waals surface area contributed by atoms with Crippen LogP contribution in [0.2, 0.25) is 0 Å². The molecule has 31 heavy (non-hydrogen) atoms. The predicted octanol–water partition coefficient (Wildman–Crippen LogP) is -2.22. The van der Waals surface area contributed by atoms with Crippen molar-refractivity contribution in [2.75, 3.05) is 5.75 Å². The minimum Gasteiger partial charge on any atom is -0.481 e. The molecule has 0 rings (SSSR count). The largest absolute Gasteiger partial charge is 0.481 e. The molecule has 8 N–H and O–H groups in total. The number of aliphatic carboxylic acids is 3. The maximum Gasteiger partial charge on any atom is 0.326 e. The number of hydrogen-bond acceptors (Lipinski definition) is 8. The molecule has 0 aromatic heterocycles. The highest BCUT2D eigenvalue weighted by molar-refractivity contribution is 7.80. The van der Waals surface area contributed by atoms with Gasteiger partial charge in [-0.15, -0.1) is 0 Å². The molecule has 0 bridgehead atoms. The first-order valence-corrected chi connectivity index (χ1v) is 9.91. The second kappa shape index (κ2) is 13.4. The van der Waals surface area contributed by atoms with E-state index in [9.17, 15) is 28.8 Å². The van der Waals surface area contributed by atoms with E-state index in [-0.39, 0.29) is 5.75 Å². The molecule has 5 atom stereocenters. The second-order valence-electron chi connectivity index (χ2n) is 6.82. The average molecular weight is 464 g/mol. The van der Waals surface area contributed by atoms with E-state index in [1.807, 2.05) is 0 Å². The molecule has 0 spiro atoms. The average Bonchev–Trinajstić information content (AvgIpc) is 2.67. The summed E-state index contributed by atoms with van der Waals surface area (Å²) in [7, 11) is 0. The molecule has 0 heterocycles. The number of nitrogens with two attached hydrogens (primary N) is 1. The molecule has 14 heteroatoms. The summed E-state index contributed by atoms with van der Waals surface area (Å²) >= 11 is 3.96. The standard InChI is InChI=1S/C17H28N4O9S/c1-3-7(2)13(16(28)19-9(17(29)30)5-12(24)25)21-15(27)10(6-31)20-14(26)8(18)4-11(22)23/h7-10,13,31H,3-6,18H2,1-2H3,(H,19,28)(H,20,26)(H,21,27)(H,22,23)(H,24,25)(H,29,30). The van der Waals surface area contributed by atoms with Gasteiger partial charge in [0.05, 0.1) is 18.9 Å². The van der Waals surface area contributed by atoms with E-state index >= 15 is 0 Å². The molecule has 3 amide bonds. The molecule has 0 aliphatic rings. The van der Waals surface area contributed by atoms with Gasteiger partial charge in [-0.1, -0.05) is 20.3 Å². The number of carbonyl (C=O) groups excluding carboxylic acids is 3. The van der Waals surface area contributed by atoms with E-state index in [4.69, 9.17) is 21.1 Å². The van der Waals surface area contributed by atoms with Crippen LogP contribution in [-0.4, -0.2) is 80.9 Å². The molecular weight excluding hydrogens is 436 g/mol. The van der Waals surface area contributed by atoms with E-state index in [1.54, 1.807) is 13.8 Å². The third-order valence-corrected chi connectivity index (χ3v) is 4.70. The van der Waals surface area contributed by atoms with Gasteiger partial charge < -0.3 is 37.0 Å². The van der Waals surface area contributed by atoms with Crippen molar-refractivity contribution < 1.29 is 44.1 Å². The lowest BCUT2D eigenvalue weighted by molar-refractivity contribution is -0.147. The van der Waals surface area contributed by atoms with Crippen LogP contribution in [0.25, 0.3) is 0 Å². The lowest BCUT2D eigenvalue weighted by Gasteiger charge is -2.27. The van der Waals surface area contributed by atoms with Gasteiger partial charge in [-0.25, -0.2) is 4.79 Å². The van der Waals surface area contributed by atoms with E-state index < -0.39 is 78.6 Å². The molecule has 0 aromatic carbocycles. The summed E-state index contributed by atoms with van der Waals surface area (Å²) in [4.78, 5) is 69.8. The van der Waals surface area contributed by atoms with Gasteiger partial charge in [-0.3, -0.25) is 24.0 Å². The van der Waals surface area contributed by atoms with Gasteiger partial charge in [0.15, 0.2) is 0 Å². The first-order chi connectivity index (χ1) is 14.3. The highest BCUT2D eigenvalue weighted by atomic mass is 32.1. The molecule has 0 radical (unpaired) electrons. The fourth-order valence-electron chi connectivity index (χ4n) is 2.35. The summed E-state index contributed by atoms with van der Waals surface area (Å²) in [5.41, 5.74) is 5.45. The molecular formula is C17H28N4O9S. The molecule has 0 saturated heterocycles. The number of carboxylic acids is 3. The van der Waals surface area contributed by atoms with Crippen LogP contribution in [0.5, 0.6) is 0 Å². The van der Waals surface area contributed by atoms with Gasteiger partial charge in [-0.05, 0) is 5.92 Å². The zero-order chi connectivity index (χ0) is 24.3. The van der Waals surface area contributed by atoms with Crippen molar-refractivity contribution in [1.29, 1.82) is 0 Å². The van der Waals surface area contributed by atoms with Crippen LogP contribution in [0, 0.1) is 5.92 Å². The van der Waals surface area contributed by atoms with Crippen LogP contribution in [0.15, 0.2) is 0 Å². The van der Waals surface area contributed by atoms with Gasteiger partial charge >= 0.3 is 17.9 Å². The van der Waals surface area contributed by atoms with Crippen molar-refractivity contribution in [2.45, 2.75) is 57.3 Å². The number of rotatable bonds is 14. The van der Waals surface area contributed by atoms with Crippen molar-refractivity contribution in [3.05, 3.63) is 0 Å². The zero-order valence-corrected chi connectivity index (χ0v) is 17.9. The van der Waals surface area contributed by atoms with Gasteiger partial charge in [0, 0.05) is 5.75 Å². The fraction of sp³-hybridized carbons (Fsp3) is 0.647. The van der Waals surface area contributed by atoms with Crippen LogP contribution in [0.4, 0.5) is 0 Å². The van der Waals surface area contributed by atoms with E-state index in [0.29, 0.717) is 6.42 Å². The topological polar surface area (TPSA) is 225 Å². The minimum atomic E-state index is -1.71. The Balaban J connectivity index is 5.35. The van der Waals surface area contributed by atoms with Gasteiger partial charge in [0.1, 0.15) is 18.1 Å². The highest BCUT2D eigenvalue weighted by Gasteiger charge is 2.33. The van der Waals surface area contributed by atoms with E-state index in [0.717, 1.165) is 0 Å². The quantitative estimate of drug-likeness (QED) is 0.129. The van der Waals surface area contributed by atoms with Crippen molar-refractivity contribution in [1.82, 2.24) is 16.0 Å². The first-order valence-electron chi connectivity index (χ1n) is 9.27. The molecule has 0 fully saturated rings. The van der Waals surface area contributed by atoms with Gasteiger partial charge in [0.25, 0.3) is 0 Å². The number of carbonyl (C=O) groups is 6. The Morgan fingerprint density at radius 3 is 1.77 bits per heavy atom. The third kappa shape index (κ3) is 10.1. The summed E-state index contributed by atoms with van der Waals surface area (Å²) < 4.78 is 0. The molecule has 5 unspecified atom stereocenters. The number of thiol groups is 1. The van der Waals surface area contributed by atoms with Crippen molar-refractivity contribution >= 4 is 48.3 Å². The Morgan fingerprint density at radius 1 is 0.839 bits per heavy atom. The smallest absolute Gasteiger partial charge is 0.326 e. The summed E-state index contributed by atoms with van der Waals surface area (Å²) in [6.45, 7) is 3.32. The van der Waals surface area contributed by atoms with Crippen LogP contribution in [0.3, 0.4) is 0 Å². The first kappa shape index (κ1) is 28.1. The SMILES string of the molecule is CCC(C)C(NC(=O)C(CS)NC(=O)C(N)CC(=O)O)C(=O)NC(CC(=O)O)C(=O)O.